The summed E-state index contributed by atoms with van der Waals surface area (Å²) in [5, 5.41) is 0. The van der Waals surface area contributed by atoms with Crippen LogP contribution in [0.4, 0.5) is 0 Å². The Morgan fingerprint density at radius 1 is 0.810 bits per heavy atom. The molecule has 0 spiro atoms. The standard InChI is InChI=1S/C18H24N2S/c1-19(2)13-14-20(3)15-16-9-7-8-12-18(16)21-17-10-5-4-6-11-17/h4-12H,13-15H2,1-3H3. The lowest BCUT2D eigenvalue weighted by molar-refractivity contribution is 0.275. The molecular formula is C18H24N2S. The van der Waals surface area contributed by atoms with Gasteiger partial charge in [-0.15, -0.1) is 0 Å². The lowest BCUT2D eigenvalue weighted by Crippen LogP contribution is -2.28. The first-order valence-electron chi connectivity index (χ1n) is 7.29. The van der Waals surface area contributed by atoms with Crippen molar-refractivity contribution in [2.24, 2.45) is 0 Å². The maximum atomic E-state index is 2.38. The van der Waals surface area contributed by atoms with E-state index in [4.69, 9.17) is 0 Å². The minimum atomic E-state index is 0.990. The summed E-state index contributed by atoms with van der Waals surface area (Å²) < 4.78 is 0. The molecule has 0 atom stereocenters. The summed E-state index contributed by atoms with van der Waals surface area (Å²) in [5.41, 5.74) is 1.40. The van der Waals surface area contributed by atoms with Crippen LogP contribution in [-0.4, -0.2) is 44.0 Å². The van der Waals surface area contributed by atoms with Crippen molar-refractivity contribution >= 4 is 11.8 Å². The van der Waals surface area contributed by atoms with Gasteiger partial charge in [0.2, 0.25) is 0 Å². The van der Waals surface area contributed by atoms with Crippen LogP contribution in [0.2, 0.25) is 0 Å². The van der Waals surface area contributed by atoms with Gasteiger partial charge in [-0.2, -0.15) is 0 Å². The average molecular weight is 300 g/mol. The van der Waals surface area contributed by atoms with Gasteiger partial charge in [0.1, 0.15) is 0 Å². The lowest BCUT2D eigenvalue weighted by atomic mass is 10.2. The molecule has 21 heavy (non-hydrogen) atoms. The minimum Gasteiger partial charge on any atom is -0.308 e. The third kappa shape index (κ3) is 5.54. The largest absolute Gasteiger partial charge is 0.308 e. The second-order valence-electron chi connectivity index (χ2n) is 5.56. The SMILES string of the molecule is CN(C)CCN(C)Cc1ccccc1Sc1ccccc1. The maximum Gasteiger partial charge on any atom is 0.0242 e. The molecule has 0 saturated carbocycles. The van der Waals surface area contributed by atoms with Crippen molar-refractivity contribution in [3.05, 3.63) is 60.2 Å². The van der Waals surface area contributed by atoms with Crippen LogP contribution in [0.3, 0.4) is 0 Å². The van der Waals surface area contributed by atoms with Crippen molar-refractivity contribution in [2.45, 2.75) is 16.3 Å². The monoisotopic (exact) mass is 300 g/mol. The molecule has 0 aromatic heterocycles. The Balaban J connectivity index is 2.03. The molecule has 2 nitrogen and oxygen atoms in total. The summed E-state index contributed by atoms with van der Waals surface area (Å²) in [5.74, 6) is 0. The van der Waals surface area contributed by atoms with Crippen molar-refractivity contribution in [2.75, 3.05) is 34.2 Å². The Kier molecular flexibility index (Phi) is 6.30. The Hall–Kier alpha value is -1.29. The van der Waals surface area contributed by atoms with E-state index in [0.29, 0.717) is 0 Å². The van der Waals surface area contributed by atoms with Gasteiger partial charge >= 0.3 is 0 Å². The molecule has 2 aromatic carbocycles. The predicted molar refractivity (Wildman–Crippen MR) is 91.9 cm³/mol. The zero-order valence-corrected chi connectivity index (χ0v) is 13.9. The molecule has 2 rings (SSSR count). The Labute approximate surface area is 132 Å². The summed E-state index contributed by atoms with van der Waals surface area (Å²) in [7, 11) is 6.42. The van der Waals surface area contributed by atoms with Crippen LogP contribution in [0.15, 0.2) is 64.4 Å². The van der Waals surface area contributed by atoms with Gasteiger partial charge in [-0.3, -0.25) is 0 Å². The highest BCUT2D eigenvalue weighted by Crippen LogP contribution is 2.30. The van der Waals surface area contributed by atoms with Crippen molar-refractivity contribution in [1.82, 2.24) is 9.80 Å². The first kappa shape index (κ1) is 16.1. The summed E-state index contributed by atoms with van der Waals surface area (Å²) in [6.45, 7) is 3.16. The van der Waals surface area contributed by atoms with Crippen LogP contribution in [0.25, 0.3) is 0 Å². The van der Waals surface area contributed by atoms with Gasteiger partial charge in [0, 0.05) is 29.4 Å². The lowest BCUT2D eigenvalue weighted by Gasteiger charge is -2.20. The highest BCUT2D eigenvalue weighted by Gasteiger charge is 2.07. The van der Waals surface area contributed by atoms with Crippen LogP contribution in [0.1, 0.15) is 5.56 Å². The molecule has 0 N–H and O–H groups in total. The molecule has 0 amide bonds. The number of likely N-dealkylation sites (N-methyl/N-ethyl adjacent to an activating group) is 2. The van der Waals surface area contributed by atoms with E-state index >= 15 is 0 Å². The number of rotatable bonds is 7. The van der Waals surface area contributed by atoms with E-state index in [9.17, 15) is 0 Å². The predicted octanol–water partition coefficient (Wildman–Crippen LogP) is 3.83. The molecule has 0 heterocycles. The second-order valence-corrected chi connectivity index (χ2v) is 6.68. The fraction of sp³-hybridized carbons (Fsp3) is 0.333. The minimum absolute atomic E-state index is 0.990. The second kappa shape index (κ2) is 8.23. The number of hydrogen-bond donors (Lipinski definition) is 0. The van der Waals surface area contributed by atoms with E-state index in [1.165, 1.54) is 15.4 Å². The van der Waals surface area contributed by atoms with Crippen molar-refractivity contribution < 1.29 is 0 Å². The normalized spacial score (nSPS) is 11.3. The molecule has 2 aromatic rings. The molecule has 0 aliphatic carbocycles. The highest BCUT2D eigenvalue weighted by molar-refractivity contribution is 7.99. The zero-order valence-electron chi connectivity index (χ0n) is 13.1. The van der Waals surface area contributed by atoms with Gasteiger partial charge in [-0.25, -0.2) is 0 Å². The molecule has 3 heteroatoms. The van der Waals surface area contributed by atoms with Gasteiger partial charge in [0.15, 0.2) is 0 Å². The van der Waals surface area contributed by atoms with E-state index in [2.05, 4.69) is 85.5 Å². The Bertz CT molecular complexity index is 540. The van der Waals surface area contributed by atoms with Gasteiger partial charge in [-0.1, -0.05) is 48.2 Å². The summed E-state index contributed by atoms with van der Waals surface area (Å²) >= 11 is 1.84. The molecule has 0 fully saturated rings. The van der Waals surface area contributed by atoms with Crippen molar-refractivity contribution in [1.29, 1.82) is 0 Å². The smallest absolute Gasteiger partial charge is 0.0242 e. The van der Waals surface area contributed by atoms with E-state index in [0.717, 1.165) is 19.6 Å². The van der Waals surface area contributed by atoms with Gasteiger partial charge < -0.3 is 9.80 Å². The van der Waals surface area contributed by atoms with Crippen molar-refractivity contribution in [3.63, 3.8) is 0 Å². The van der Waals surface area contributed by atoms with E-state index < -0.39 is 0 Å². The molecule has 0 radical (unpaired) electrons. The zero-order chi connectivity index (χ0) is 15.1. The number of hydrogen-bond acceptors (Lipinski definition) is 3. The molecule has 0 bridgehead atoms. The van der Waals surface area contributed by atoms with Gasteiger partial charge in [0.05, 0.1) is 0 Å². The molecule has 0 aliphatic heterocycles. The fourth-order valence-electron chi connectivity index (χ4n) is 2.09. The highest BCUT2D eigenvalue weighted by atomic mass is 32.2. The number of benzene rings is 2. The van der Waals surface area contributed by atoms with E-state index in [-0.39, 0.29) is 0 Å². The topological polar surface area (TPSA) is 6.48 Å². The molecule has 0 saturated heterocycles. The Morgan fingerprint density at radius 3 is 2.19 bits per heavy atom. The van der Waals surface area contributed by atoms with Crippen LogP contribution < -0.4 is 0 Å². The number of nitrogens with zero attached hydrogens (tertiary/aromatic N) is 2. The van der Waals surface area contributed by atoms with Crippen LogP contribution in [0.5, 0.6) is 0 Å². The third-order valence-electron chi connectivity index (χ3n) is 3.31. The molecule has 0 unspecified atom stereocenters. The first-order chi connectivity index (χ1) is 10.1. The van der Waals surface area contributed by atoms with E-state index in [1.54, 1.807) is 0 Å². The Morgan fingerprint density at radius 2 is 1.48 bits per heavy atom. The van der Waals surface area contributed by atoms with Crippen LogP contribution >= 0.6 is 11.8 Å². The summed E-state index contributed by atoms with van der Waals surface area (Å²) in [6, 6.07) is 19.3. The third-order valence-corrected chi connectivity index (χ3v) is 4.44. The van der Waals surface area contributed by atoms with Gasteiger partial charge in [0.25, 0.3) is 0 Å². The molecular weight excluding hydrogens is 276 g/mol. The molecule has 0 aliphatic rings. The summed E-state index contributed by atoms with van der Waals surface area (Å²) in [6.07, 6.45) is 0. The fourth-order valence-corrected chi connectivity index (χ4v) is 3.05. The van der Waals surface area contributed by atoms with E-state index in [1.807, 2.05) is 11.8 Å². The quantitative estimate of drug-likeness (QED) is 0.767. The summed E-state index contributed by atoms with van der Waals surface area (Å²) in [4.78, 5) is 7.24. The van der Waals surface area contributed by atoms with Crippen LogP contribution in [0, 0.1) is 0 Å². The van der Waals surface area contributed by atoms with Gasteiger partial charge in [-0.05, 0) is 44.9 Å². The first-order valence-corrected chi connectivity index (χ1v) is 8.11. The molecule has 112 valence electrons. The van der Waals surface area contributed by atoms with Crippen molar-refractivity contribution in [3.8, 4) is 0 Å². The average Bonchev–Trinajstić information content (AvgIpc) is 2.48. The maximum absolute atomic E-state index is 2.38. The van der Waals surface area contributed by atoms with Crippen LogP contribution in [-0.2, 0) is 6.54 Å².